The molecule has 1 aromatic heterocycles. The van der Waals surface area contributed by atoms with E-state index in [1.165, 1.54) is 0 Å². The Kier molecular flexibility index (Phi) is 5.38. The van der Waals surface area contributed by atoms with Crippen molar-refractivity contribution in [3.63, 3.8) is 0 Å². The number of esters is 1. The molecule has 0 saturated carbocycles. The lowest BCUT2D eigenvalue weighted by Gasteiger charge is -2.20. The lowest BCUT2D eigenvalue weighted by atomic mass is 9.93. The summed E-state index contributed by atoms with van der Waals surface area (Å²) in [5.41, 5.74) is 0.334. The molecule has 1 heterocycles. The second-order valence-corrected chi connectivity index (χ2v) is 7.22. The standard InChI is InChI=1S/C18H19BrN2O2/c1-18(2,3)23-17(22)8-7-12(9-20)14-10-21-11-15-13(14)5-4-6-16(15)19/h4-6,10-12H,7-8H2,1-3H3. The van der Waals surface area contributed by atoms with Crippen LogP contribution in [0.25, 0.3) is 10.8 Å². The van der Waals surface area contributed by atoms with Crippen LogP contribution in [0.5, 0.6) is 0 Å². The molecule has 1 aromatic carbocycles. The van der Waals surface area contributed by atoms with Gasteiger partial charge in [0, 0.05) is 28.7 Å². The van der Waals surface area contributed by atoms with Crippen LogP contribution >= 0.6 is 15.9 Å². The van der Waals surface area contributed by atoms with E-state index in [0.29, 0.717) is 6.42 Å². The lowest BCUT2D eigenvalue weighted by molar-refractivity contribution is -0.154. The van der Waals surface area contributed by atoms with Gasteiger partial charge >= 0.3 is 5.97 Å². The molecule has 120 valence electrons. The van der Waals surface area contributed by atoms with E-state index in [0.717, 1.165) is 20.8 Å². The van der Waals surface area contributed by atoms with Crippen molar-refractivity contribution in [2.24, 2.45) is 0 Å². The number of benzene rings is 1. The summed E-state index contributed by atoms with van der Waals surface area (Å²) in [6.07, 6.45) is 4.10. The van der Waals surface area contributed by atoms with Crippen LogP contribution in [0.3, 0.4) is 0 Å². The minimum atomic E-state index is -0.509. The minimum Gasteiger partial charge on any atom is -0.460 e. The van der Waals surface area contributed by atoms with Crippen LogP contribution in [0.15, 0.2) is 35.1 Å². The highest BCUT2D eigenvalue weighted by atomic mass is 79.9. The van der Waals surface area contributed by atoms with Crippen LogP contribution < -0.4 is 0 Å². The molecule has 0 amide bonds. The number of hydrogen-bond donors (Lipinski definition) is 0. The fourth-order valence-corrected chi connectivity index (χ4v) is 2.87. The molecular weight excluding hydrogens is 356 g/mol. The summed E-state index contributed by atoms with van der Waals surface area (Å²) in [6, 6.07) is 8.12. The summed E-state index contributed by atoms with van der Waals surface area (Å²) in [6.45, 7) is 5.50. The third-order valence-electron chi connectivity index (χ3n) is 3.37. The number of pyridine rings is 1. The highest BCUT2D eigenvalue weighted by Gasteiger charge is 2.20. The number of fused-ring (bicyclic) bond motifs is 1. The zero-order chi connectivity index (χ0) is 17.0. The van der Waals surface area contributed by atoms with Crippen molar-refractivity contribution < 1.29 is 9.53 Å². The molecule has 0 bridgehead atoms. The molecule has 0 radical (unpaired) electrons. The van der Waals surface area contributed by atoms with Crippen molar-refractivity contribution in [3.8, 4) is 6.07 Å². The highest BCUT2D eigenvalue weighted by molar-refractivity contribution is 9.10. The molecule has 5 heteroatoms. The molecule has 23 heavy (non-hydrogen) atoms. The van der Waals surface area contributed by atoms with Gasteiger partial charge in [0.2, 0.25) is 0 Å². The number of rotatable bonds is 4. The van der Waals surface area contributed by atoms with Crippen LogP contribution in [-0.4, -0.2) is 16.6 Å². The first-order chi connectivity index (χ1) is 10.8. The molecule has 0 N–H and O–H groups in total. The summed E-state index contributed by atoms with van der Waals surface area (Å²) < 4.78 is 6.24. The number of halogens is 1. The maximum Gasteiger partial charge on any atom is 0.306 e. The Hall–Kier alpha value is -1.93. The van der Waals surface area contributed by atoms with Gasteiger partial charge in [-0.3, -0.25) is 9.78 Å². The summed E-state index contributed by atoms with van der Waals surface area (Å²) in [5.74, 6) is -0.680. The van der Waals surface area contributed by atoms with E-state index in [1.54, 1.807) is 12.4 Å². The molecule has 0 aliphatic rings. The van der Waals surface area contributed by atoms with Crippen LogP contribution in [0.2, 0.25) is 0 Å². The van der Waals surface area contributed by atoms with Gasteiger partial charge in [0.15, 0.2) is 0 Å². The molecule has 0 fully saturated rings. The Morgan fingerprint density at radius 1 is 1.35 bits per heavy atom. The van der Waals surface area contributed by atoms with Gasteiger partial charge in [-0.05, 0) is 44.2 Å². The third-order valence-corrected chi connectivity index (χ3v) is 4.06. The highest BCUT2D eigenvalue weighted by Crippen LogP contribution is 2.31. The van der Waals surface area contributed by atoms with E-state index in [1.807, 2.05) is 39.0 Å². The first kappa shape index (κ1) is 17.4. The van der Waals surface area contributed by atoms with Gasteiger partial charge in [0.25, 0.3) is 0 Å². The van der Waals surface area contributed by atoms with E-state index >= 15 is 0 Å². The average Bonchev–Trinajstić information content (AvgIpc) is 2.47. The van der Waals surface area contributed by atoms with Gasteiger partial charge in [-0.2, -0.15) is 5.26 Å². The molecule has 2 rings (SSSR count). The third kappa shape index (κ3) is 4.52. The average molecular weight is 375 g/mol. The molecule has 4 nitrogen and oxygen atoms in total. The molecule has 0 spiro atoms. The molecule has 2 aromatic rings. The van der Waals surface area contributed by atoms with Crippen molar-refractivity contribution >= 4 is 32.7 Å². The lowest BCUT2D eigenvalue weighted by Crippen LogP contribution is -2.24. The van der Waals surface area contributed by atoms with Gasteiger partial charge in [-0.15, -0.1) is 0 Å². The first-order valence-electron chi connectivity index (χ1n) is 7.45. The maximum atomic E-state index is 11.9. The number of carbonyl (C=O) groups excluding carboxylic acids is 1. The minimum absolute atomic E-state index is 0.208. The van der Waals surface area contributed by atoms with Gasteiger partial charge in [0.1, 0.15) is 5.60 Å². The number of hydrogen-bond acceptors (Lipinski definition) is 4. The summed E-state index contributed by atoms with van der Waals surface area (Å²) in [5, 5.41) is 11.4. The number of carbonyl (C=O) groups is 1. The largest absolute Gasteiger partial charge is 0.460 e. The Morgan fingerprint density at radius 3 is 2.74 bits per heavy atom. The Labute approximate surface area is 144 Å². The van der Waals surface area contributed by atoms with Gasteiger partial charge < -0.3 is 4.74 Å². The fraction of sp³-hybridized carbons (Fsp3) is 0.389. The normalized spacial score (nSPS) is 12.7. The van der Waals surface area contributed by atoms with E-state index in [9.17, 15) is 10.1 Å². The zero-order valence-corrected chi connectivity index (χ0v) is 15.1. The predicted molar refractivity (Wildman–Crippen MR) is 92.9 cm³/mol. The van der Waals surface area contributed by atoms with Gasteiger partial charge in [-0.25, -0.2) is 0 Å². The monoisotopic (exact) mass is 374 g/mol. The Morgan fingerprint density at radius 2 is 2.09 bits per heavy atom. The molecule has 1 unspecified atom stereocenters. The van der Waals surface area contributed by atoms with E-state index < -0.39 is 11.5 Å². The number of ether oxygens (including phenoxy) is 1. The predicted octanol–water partition coefficient (Wildman–Crippen LogP) is 4.73. The Bertz CT molecular complexity index is 760. The van der Waals surface area contributed by atoms with Crippen molar-refractivity contribution in [3.05, 3.63) is 40.6 Å². The second kappa shape index (κ2) is 7.10. The van der Waals surface area contributed by atoms with E-state index in [-0.39, 0.29) is 12.4 Å². The molecular formula is C18H19BrN2O2. The van der Waals surface area contributed by atoms with Gasteiger partial charge in [0.05, 0.1) is 12.0 Å². The number of aromatic nitrogens is 1. The van der Waals surface area contributed by atoms with Crippen LogP contribution in [0.4, 0.5) is 0 Å². The smallest absolute Gasteiger partial charge is 0.306 e. The van der Waals surface area contributed by atoms with Crippen molar-refractivity contribution in [1.82, 2.24) is 4.98 Å². The number of nitrogens with zero attached hydrogens (tertiary/aromatic N) is 2. The van der Waals surface area contributed by atoms with Crippen LogP contribution in [0.1, 0.15) is 45.1 Å². The van der Waals surface area contributed by atoms with Crippen molar-refractivity contribution in [2.45, 2.75) is 45.1 Å². The molecule has 1 atom stereocenters. The molecule has 0 saturated heterocycles. The van der Waals surface area contributed by atoms with Crippen LogP contribution in [0, 0.1) is 11.3 Å². The second-order valence-electron chi connectivity index (χ2n) is 6.37. The summed E-state index contributed by atoms with van der Waals surface area (Å²) in [4.78, 5) is 16.1. The topological polar surface area (TPSA) is 63.0 Å². The molecule has 0 aliphatic heterocycles. The number of nitriles is 1. The van der Waals surface area contributed by atoms with Crippen molar-refractivity contribution in [2.75, 3.05) is 0 Å². The van der Waals surface area contributed by atoms with Crippen molar-refractivity contribution in [1.29, 1.82) is 5.26 Å². The summed E-state index contributed by atoms with van der Waals surface area (Å²) in [7, 11) is 0. The maximum absolute atomic E-state index is 11.9. The van der Waals surface area contributed by atoms with E-state index in [2.05, 4.69) is 27.0 Å². The summed E-state index contributed by atoms with van der Waals surface area (Å²) >= 11 is 3.50. The zero-order valence-electron chi connectivity index (χ0n) is 13.5. The fourth-order valence-electron chi connectivity index (χ4n) is 2.40. The van der Waals surface area contributed by atoms with E-state index in [4.69, 9.17) is 4.74 Å². The van der Waals surface area contributed by atoms with Gasteiger partial charge in [-0.1, -0.05) is 28.1 Å². The van der Waals surface area contributed by atoms with Crippen LogP contribution in [-0.2, 0) is 9.53 Å². The molecule has 0 aliphatic carbocycles. The Balaban J connectivity index is 2.21. The quantitative estimate of drug-likeness (QED) is 0.725. The SMILES string of the molecule is CC(C)(C)OC(=O)CCC(C#N)c1cncc2c(Br)cccc12. The first-order valence-corrected chi connectivity index (χ1v) is 8.24.